The average Bonchev–Trinajstić information content (AvgIpc) is 2.53. The number of hydrogen-bond donors (Lipinski definition) is 1. The van der Waals surface area contributed by atoms with E-state index in [-0.39, 0.29) is 18.0 Å². The van der Waals surface area contributed by atoms with Crippen LogP contribution in [0.4, 0.5) is 5.69 Å². The van der Waals surface area contributed by atoms with Crippen LogP contribution in [-0.4, -0.2) is 15.5 Å². The summed E-state index contributed by atoms with van der Waals surface area (Å²) in [7, 11) is 0. The summed E-state index contributed by atoms with van der Waals surface area (Å²) in [5, 5.41) is 3.67. The summed E-state index contributed by atoms with van der Waals surface area (Å²) in [5.74, 6) is -0.285. The lowest BCUT2D eigenvalue weighted by molar-refractivity contribution is -0.116. The molecule has 0 aliphatic rings. The Morgan fingerprint density at radius 2 is 2.00 bits per heavy atom. The Labute approximate surface area is 143 Å². The first-order valence-electron chi connectivity index (χ1n) is 7.46. The second-order valence-electron chi connectivity index (χ2n) is 5.71. The van der Waals surface area contributed by atoms with Gasteiger partial charge < -0.3 is 5.32 Å². The summed E-state index contributed by atoms with van der Waals surface area (Å²) in [6.45, 7) is 3.81. The van der Waals surface area contributed by atoms with Crippen molar-refractivity contribution in [3.8, 4) is 0 Å². The molecule has 1 heterocycles. The van der Waals surface area contributed by atoms with Crippen molar-refractivity contribution in [3.63, 3.8) is 0 Å². The molecule has 0 aliphatic heterocycles. The molecule has 0 aliphatic carbocycles. The van der Waals surface area contributed by atoms with E-state index in [1.807, 2.05) is 32.0 Å². The molecule has 6 heteroatoms. The van der Waals surface area contributed by atoms with Gasteiger partial charge >= 0.3 is 0 Å². The fourth-order valence-corrected chi connectivity index (χ4v) is 2.71. The SMILES string of the molecule is Cc1ccc(NC(=O)Cn2cnc3ccc(Cl)cc3c2=O)c(C)c1. The molecule has 0 saturated heterocycles. The molecule has 3 rings (SSSR count). The molecule has 5 nitrogen and oxygen atoms in total. The fourth-order valence-electron chi connectivity index (χ4n) is 2.54. The molecule has 1 aromatic heterocycles. The second kappa shape index (κ2) is 6.45. The lowest BCUT2D eigenvalue weighted by atomic mass is 10.1. The third-order valence-electron chi connectivity index (χ3n) is 3.76. The number of aromatic nitrogens is 2. The van der Waals surface area contributed by atoms with Crippen LogP contribution >= 0.6 is 11.6 Å². The second-order valence-corrected chi connectivity index (χ2v) is 6.14. The number of anilines is 1. The molecule has 0 atom stereocenters. The average molecular weight is 342 g/mol. The maximum atomic E-state index is 12.5. The zero-order chi connectivity index (χ0) is 17.3. The normalized spacial score (nSPS) is 10.8. The summed E-state index contributed by atoms with van der Waals surface area (Å²) in [6, 6.07) is 10.7. The van der Waals surface area contributed by atoms with Gasteiger partial charge in [-0.25, -0.2) is 4.98 Å². The summed E-state index contributed by atoms with van der Waals surface area (Å²) in [5.41, 5.74) is 3.08. The zero-order valence-electron chi connectivity index (χ0n) is 13.3. The van der Waals surface area contributed by atoms with Crippen LogP contribution in [0.1, 0.15) is 11.1 Å². The Kier molecular flexibility index (Phi) is 4.36. The van der Waals surface area contributed by atoms with Gasteiger partial charge in [0.25, 0.3) is 5.56 Å². The van der Waals surface area contributed by atoms with Crippen molar-refractivity contribution in [2.75, 3.05) is 5.32 Å². The number of rotatable bonds is 3. The molecule has 0 unspecified atom stereocenters. The Balaban J connectivity index is 1.85. The quantitative estimate of drug-likeness (QED) is 0.795. The number of benzene rings is 2. The van der Waals surface area contributed by atoms with Gasteiger partial charge in [0.15, 0.2) is 0 Å². The lowest BCUT2D eigenvalue weighted by Crippen LogP contribution is -2.28. The van der Waals surface area contributed by atoms with Gasteiger partial charge in [-0.15, -0.1) is 0 Å². The van der Waals surface area contributed by atoms with Gasteiger partial charge in [-0.1, -0.05) is 29.3 Å². The minimum Gasteiger partial charge on any atom is -0.324 e. The van der Waals surface area contributed by atoms with Crippen molar-refractivity contribution >= 4 is 34.1 Å². The zero-order valence-corrected chi connectivity index (χ0v) is 14.1. The lowest BCUT2D eigenvalue weighted by Gasteiger charge is -2.10. The third kappa shape index (κ3) is 3.31. The van der Waals surface area contributed by atoms with Crippen LogP contribution < -0.4 is 10.9 Å². The van der Waals surface area contributed by atoms with E-state index in [4.69, 9.17) is 11.6 Å². The number of nitrogens with zero attached hydrogens (tertiary/aromatic N) is 2. The topological polar surface area (TPSA) is 64.0 Å². The van der Waals surface area contributed by atoms with Gasteiger partial charge in [0.2, 0.25) is 5.91 Å². The first-order valence-corrected chi connectivity index (χ1v) is 7.83. The predicted molar refractivity (Wildman–Crippen MR) is 95.6 cm³/mol. The monoisotopic (exact) mass is 341 g/mol. The van der Waals surface area contributed by atoms with Crippen LogP contribution in [0.5, 0.6) is 0 Å². The third-order valence-corrected chi connectivity index (χ3v) is 3.99. The largest absolute Gasteiger partial charge is 0.324 e. The van der Waals surface area contributed by atoms with E-state index in [9.17, 15) is 9.59 Å². The van der Waals surface area contributed by atoms with Crippen molar-refractivity contribution in [1.29, 1.82) is 0 Å². The highest BCUT2D eigenvalue weighted by molar-refractivity contribution is 6.31. The number of hydrogen-bond acceptors (Lipinski definition) is 3. The highest BCUT2D eigenvalue weighted by Gasteiger charge is 2.10. The van der Waals surface area contributed by atoms with Crippen molar-refractivity contribution in [3.05, 3.63) is 69.2 Å². The maximum absolute atomic E-state index is 12.5. The minimum absolute atomic E-state index is 0.110. The van der Waals surface area contributed by atoms with Gasteiger partial charge in [0.05, 0.1) is 17.2 Å². The minimum atomic E-state index is -0.293. The Bertz CT molecular complexity index is 995. The van der Waals surface area contributed by atoms with E-state index >= 15 is 0 Å². The number of halogens is 1. The van der Waals surface area contributed by atoms with Crippen LogP contribution in [0.25, 0.3) is 10.9 Å². The Hall–Kier alpha value is -2.66. The fraction of sp³-hybridized carbons (Fsp3) is 0.167. The molecule has 24 heavy (non-hydrogen) atoms. The Morgan fingerprint density at radius 3 is 2.75 bits per heavy atom. The smallest absolute Gasteiger partial charge is 0.261 e. The van der Waals surface area contributed by atoms with Gasteiger partial charge in [0.1, 0.15) is 6.54 Å². The molecule has 0 fully saturated rings. The van der Waals surface area contributed by atoms with E-state index < -0.39 is 0 Å². The number of aryl methyl sites for hydroxylation is 2. The molecule has 0 saturated carbocycles. The molecule has 1 amide bonds. The van der Waals surface area contributed by atoms with Crippen molar-refractivity contribution in [1.82, 2.24) is 9.55 Å². The van der Waals surface area contributed by atoms with Gasteiger partial charge in [-0.05, 0) is 43.7 Å². The highest BCUT2D eigenvalue weighted by Crippen LogP contribution is 2.16. The molecule has 122 valence electrons. The van der Waals surface area contributed by atoms with Crippen LogP contribution in [-0.2, 0) is 11.3 Å². The molecule has 0 bridgehead atoms. The van der Waals surface area contributed by atoms with E-state index in [1.165, 1.54) is 10.9 Å². The van der Waals surface area contributed by atoms with E-state index in [0.717, 1.165) is 16.8 Å². The molecular formula is C18H16ClN3O2. The summed E-state index contributed by atoms with van der Waals surface area (Å²) < 4.78 is 1.28. The van der Waals surface area contributed by atoms with Gasteiger partial charge in [-0.2, -0.15) is 0 Å². The first kappa shape index (κ1) is 16.2. The van der Waals surface area contributed by atoms with Crippen LogP contribution in [0, 0.1) is 13.8 Å². The van der Waals surface area contributed by atoms with Crippen LogP contribution in [0.15, 0.2) is 47.5 Å². The van der Waals surface area contributed by atoms with Crippen molar-refractivity contribution in [2.45, 2.75) is 20.4 Å². The van der Waals surface area contributed by atoms with Crippen molar-refractivity contribution in [2.24, 2.45) is 0 Å². The van der Waals surface area contributed by atoms with Crippen LogP contribution in [0.2, 0.25) is 5.02 Å². The molecule has 0 radical (unpaired) electrons. The predicted octanol–water partition coefficient (Wildman–Crippen LogP) is 3.31. The van der Waals surface area contributed by atoms with E-state index in [0.29, 0.717) is 15.9 Å². The molecule has 1 N–H and O–H groups in total. The number of carbonyl (C=O) groups excluding carboxylic acids is 1. The number of fused-ring (bicyclic) bond motifs is 1. The number of amides is 1. The summed E-state index contributed by atoms with van der Waals surface area (Å²) >= 11 is 5.93. The van der Waals surface area contributed by atoms with Crippen molar-refractivity contribution < 1.29 is 4.79 Å². The maximum Gasteiger partial charge on any atom is 0.261 e. The first-order chi connectivity index (χ1) is 11.4. The number of nitrogens with one attached hydrogen (secondary N) is 1. The summed E-state index contributed by atoms with van der Waals surface area (Å²) in [4.78, 5) is 28.9. The molecule has 2 aromatic carbocycles. The van der Waals surface area contributed by atoms with E-state index in [2.05, 4.69) is 10.3 Å². The molecule has 3 aromatic rings. The van der Waals surface area contributed by atoms with E-state index in [1.54, 1.807) is 18.2 Å². The standard InChI is InChI=1S/C18H16ClN3O2/c1-11-3-5-15(12(2)7-11)21-17(23)9-22-10-20-16-6-4-13(19)8-14(16)18(22)24/h3-8,10H,9H2,1-2H3,(H,21,23). The highest BCUT2D eigenvalue weighted by atomic mass is 35.5. The molecule has 0 spiro atoms. The van der Waals surface area contributed by atoms with Gasteiger partial charge in [0, 0.05) is 10.7 Å². The Morgan fingerprint density at radius 1 is 1.21 bits per heavy atom. The van der Waals surface area contributed by atoms with Crippen LogP contribution in [0.3, 0.4) is 0 Å². The number of carbonyl (C=O) groups is 1. The molecular weight excluding hydrogens is 326 g/mol. The summed E-state index contributed by atoms with van der Waals surface area (Å²) in [6.07, 6.45) is 1.38. The van der Waals surface area contributed by atoms with Gasteiger partial charge in [-0.3, -0.25) is 14.2 Å².